The molecule has 2 N–H and O–H groups in total. The second kappa shape index (κ2) is 5.45. The van der Waals surface area contributed by atoms with Crippen LogP contribution in [0.1, 0.15) is 48.5 Å². The van der Waals surface area contributed by atoms with Crippen molar-refractivity contribution in [3.63, 3.8) is 0 Å². The maximum Gasteiger partial charge on any atom is 0.251 e. The molecule has 0 radical (unpaired) electrons. The highest BCUT2D eigenvalue weighted by Gasteiger charge is 2.44. The van der Waals surface area contributed by atoms with Gasteiger partial charge in [0, 0.05) is 24.1 Å². The Kier molecular flexibility index (Phi) is 3.61. The van der Waals surface area contributed by atoms with Crippen LogP contribution in [0.15, 0.2) is 24.3 Å². The summed E-state index contributed by atoms with van der Waals surface area (Å²) in [5.74, 6) is -0.102. The van der Waals surface area contributed by atoms with E-state index >= 15 is 0 Å². The Hall–Kier alpha value is -2.35. The summed E-state index contributed by atoms with van der Waals surface area (Å²) >= 11 is 0. The largest absolute Gasteiger partial charge is 0.352 e. The first-order valence-corrected chi connectivity index (χ1v) is 7.66. The van der Waals surface area contributed by atoms with Crippen molar-refractivity contribution in [2.45, 2.75) is 50.1 Å². The Bertz CT molecular complexity index is 641. The number of hydrogen-bond donors (Lipinski definition) is 2. The average molecular weight is 297 g/mol. The van der Waals surface area contributed by atoms with E-state index in [1.165, 1.54) is 0 Å². The number of piperidine rings is 1. The smallest absolute Gasteiger partial charge is 0.251 e. The van der Waals surface area contributed by atoms with Gasteiger partial charge in [-0.05, 0) is 43.9 Å². The van der Waals surface area contributed by atoms with E-state index in [-0.39, 0.29) is 29.3 Å². The van der Waals surface area contributed by atoms with Crippen LogP contribution in [0.3, 0.4) is 0 Å². The molecule has 1 aliphatic carbocycles. The van der Waals surface area contributed by atoms with Gasteiger partial charge < -0.3 is 10.6 Å². The average Bonchev–Trinajstić information content (AvgIpc) is 3.31. The number of nitriles is 1. The Morgan fingerprint density at radius 3 is 2.59 bits per heavy atom. The first-order valence-electron chi connectivity index (χ1n) is 7.66. The van der Waals surface area contributed by atoms with E-state index in [0.717, 1.165) is 18.4 Å². The van der Waals surface area contributed by atoms with E-state index in [0.29, 0.717) is 18.4 Å². The third-order valence-corrected chi connectivity index (χ3v) is 4.65. The van der Waals surface area contributed by atoms with Gasteiger partial charge in [0.2, 0.25) is 5.91 Å². The fraction of sp³-hybridized carbons (Fsp3) is 0.471. The lowest BCUT2D eigenvalue weighted by Gasteiger charge is -2.30. The molecule has 1 saturated carbocycles. The Balaban J connectivity index is 1.65. The number of nitrogens with one attached hydrogen (secondary N) is 2. The predicted octanol–water partition coefficient (Wildman–Crippen LogP) is 1.64. The maximum absolute atomic E-state index is 12.3. The second-order valence-corrected chi connectivity index (χ2v) is 6.25. The zero-order valence-electron chi connectivity index (χ0n) is 12.6. The van der Waals surface area contributed by atoms with Crippen molar-refractivity contribution in [1.82, 2.24) is 10.6 Å². The highest BCUT2D eigenvalue weighted by atomic mass is 16.2. The van der Waals surface area contributed by atoms with E-state index in [1.807, 2.05) is 19.1 Å². The normalized spacial score (nSPS) is 25.7. The standard InChI is InChI=1S/C17H19N3O2/c1-11-14(6-7-15(21)19-11)20-16(22)12-2-4-13(5-3-12)17(10-18)8-9-17/h2-5,11,14H,6-9H2,1H3,(H,19,21)(H,20,22). The SMILES string of the molecule is CC1NC(=O)CCC1NC(=O)c1ccc(C2(C#N)CC2)cc1. The van der Waals surface area contributed by atoms with Crippen molar-refractivity contribution in [2.24, 2.45) is 0 Å². The summed E-state index contributed by atoms with van der Waals surface area (Å²) in [6.45, 7) is 1.90. The molecule has 1 heterocycles. The Morgan fingerprint density at radius 1 is 1.36 bits per heavy atom. The molecular formula is C17H19N3O2. The lowest BCUT2D eigenvalue weighted by molar-refractivity contribution is -0.123. The van der Waals surface area contributed by atoms with E-state index < -0.39 is 0 Å². The molecular weight excluding hydrogens is 278 g/mol. The molecule has 1 aromatic carbocycles. The van der Waals surface area contributed by atoms with Gasteiger partial charge in [0.1, 0.15) is 0 Å². The molecule has 1 aromatic rings. The van der Waals surface area contributed by atoms with Gasteiger partial charge in [-0.2, -0.15) is 5.26 Å². The molecule has 5 heteroatoms. The minimum absolute atomic E-state index is 0.0357. The van der Waals surface area contributed by atoms with E-state index in [4.69, 9.17) is 0 Å². The summed E-state index contributed by atoms with van der Waals surface area (Å²) in [5, 5.41) is 15.0. The summed E-state index contributed by atoms with van der Waals surface area (Å²) in [6.07, 6.45) is 2.90. The van der Waals surface area contributed by atoms with Gasteiger partial charge in [-0.3, -0.25) is 9.59 Å². The molecule has 114 valence electrons. The number of benzene rings is 1. The fourth-order valence-corrected chi connectivity index (χ4v) is 2.94. The molecule has 1 aliphatic heterocycles. The van der Waals surface area contributed by atoms with Crippen molar-refractivity contribution < 1.29 is 9.59 Å². The summed E-state index contributed by atoms with van der Waals surface area (Å²) in [5.41, 5.74) is 1.25. The summed E-state index contributed by atoms with van der Waals surface area (Å²) < 4.78 is 0. The number of carbonyl (C=O) groups is 2. The van der Waals surface area contributed by atoms with Gasteiger partial charge in [-0.1, -0.05) is 12.1 Å². The first kappa shape index (κ1) is 14.6. The third kappa shape index (κ3) is 2.69. The van der Waals surface area contributed by atoms with E-state index in [2.05, 4.69) is 16.7 Å². The molecule has 2 aliphatic rings. The topological polar surface area (TPSA) is 82.0 Å². The molecule has 2 fully saturated rings. The molecule has 2 atom stereocenters. The van der Waals surface area contributed by atoms with Crippen LogP contribution < -0.4 is 10.6 Å². The minimum Gasteiger partial charge on any atom is -0.352 e. The van der Waals surface area contributed by atoms with E-state index in [1.54, 1.807) is 12.1 Å². The summed E-state index contributed by atoms with van der Waals surface area (Å²) in [6, 6.07) is 9.54. The van der Waals surface area contributed by atoms with Crippen LogP contribution in [0, 0.1) is 11.3 Å². The van der Waals surface area contributed by atoms with Gasteiger partial charge in [-0.25, -0.2) is 0 Å². The minimum atomic E-state index is -0.322. The lowest BCUT2D eigenvalue weighted by atomic mass is 9.96. The zero-order valence-corrected chi connectivity index (χ0v) is 12.6. The molecule has 2 unspecified atom stereocenters. The number of amides is 2. The van der Waals surface area contributed by atoms with Gasteiger partial charge in [0.05, 0.1) is 11.5 Å². The van der Waals surface area contributed by atoms with Crippen molar-refractivity contribution in [2.75, 3.05) is 0 Å². The summed E-state index contributed by atoms with van der Waals surface area (Å²) in [4.78, 5) is 23.6. The van der Waals surface area contributed by atoms with Gasteiger partial charge >= 0.3 is 0 Å². The molecule has 2 amide bonds. The second-order valence-electron chi connectivity index (χ2n) is 6.25. The van der Waals surface area contributed by atoms with Crippen molar-refractivity contribution in [3.05, 3.63) is 35.4 Å². The van der Waals surface area contributed by atoms with Crippen molar-refractivity contribution in [3.8, 4) is 6.07 Å². The molecule has 5 nitrogen and oxygen atoms in total. The molecule has 3 rings (SSSR count). The van der Waals surface area contributed by atoms with Gasteiger partial charge in [-0.15, -0.1) is 0 Å². The molecule has 0 bridgehead atoms. The van der Waals surface area contributed by atoms with E-state index in [9.17, 15) is 14.9 Å². The van der Waals surface area contributed by atoms with Crippen LogP contribution in [0.4, 0.5) is 0 Å². The number of rotatable bonds is 3. The van der Waals surface area contributed by atoms with Crippen LogP contribution in [0.2, 0.25) is 0 Å². The van der Waals surface area contributed by atoms with Crippen LogP contribution in [-0.2, 0) is 10.2 Å². The lowest BCUT2D eigenvalue weighted by Crippen LogP contribution is -2.53. The molecule has 1 saturated heterocycles. The van der Waals surface area contributed by atoms with Crippen LogP contribution in [0.25, 0.3) is 0 Å². The van der Waals surface area contributed by atoms with Crippen LogP contribution in [-0.4, -0.2) is 23.9 Å². The van der Waals surface area contributed by atoms with Crippen LogP contribution >= 0.6 is 0 Å². The quantitative estimate of drug-likeness (QED) is 0.889. The van der Waals surface area contributed by atoms with Gasteiger partial charge in [0.15, 0.2) is 0 Å². The fourth-order valence-electron chi connectivity index (χ4n) is 2.94. The highest BCUT2D eigenvalue weighted by molar-refractivity contribution is 5.94. The Morgan fingerprint density at radius 2 is 2.05 bits per heavy atom. The monoisotopic (exact) mass is 297 g/mol. The Labute approximate surface area is 129 Å². The number of hydrogen-bond acceptors (Lipinski definition) is 3. The molecule has 22 heavy (non-hydrogen) atoms. The maximum atomic E-state index is 12.3. The number of carbonyl (C=O) groups excluding carboxylic acids is 2. The van der Waals surface area contributed by atoms with Crippen molar-refractivity contribution >= 4 is 11.8 Å². The van der Waals surface area contributed by atoms with Crippen LogP contribution in [0.5, 0.6) is 0 Å². The predicted molar refractivity (Wildman–Crippen MR) is 81.1 cm³/mol. The zero-order chi connectivity index (χ0) is 15.7. The van der Waals surface area contributed by atoms with Gasteiger partial charge in [0.25, 0.3) is 5.91 Å². The molecule has 0 aromatic heterocycles. The number of nitrogens with zero attached hydrogens (tertiary/aromatic N) is 1. The van der Waals surface area contributed by atoms with Crippen molar-refractivity contribution in [1.29, 1.82) is 5.26 Å². The molecule has 0 spiro atoms. The third-order valence-electron chi connectivity index (χ3n) is 4.65. The highest BCUT2D eigenvalue weighted by Crippen LogP contribution is 2.47. The summed E-state index contributed by atoms with van der Waals surface area (Å²) in [7, 11) is 0. The first-order chi connectivity index (χ1) is 10.5.